The molecule has 3 nitrogen and oxygen atoms in total. The van der Waals surface area contributed by atoms with Gasteiger partial charge in [0.05, 0.1) is 6.10 Å². The minimum Gasteiger partial charge on any atom is -0.380 e. The highest BCUT2D eigenvalue weighted by atomic mass is 16.5. The summed E-state index contributed by atoms with van der Waals surface area (Å²) in [4.78, 5) is 2.58. The van der Waals surface area contributed by atoms with Crippen LogP contribution in [0.3, 0.4) is 0 Å². The van der Waals surface area contributed by atoms with Crippen LogP contribution in [0.5, 0.6) is 0 Å². The third-order valence-electron chi connectivity index (χ3n) is 3.80. The molecule has 1 atom stereocenters. The molecule has 1 fully saturated rings. The predicted molar refractivity (Wildman–Crippen MR) is 78.1 cm³/mol. The van der Waals surface area contributed by atoms with Crippen LogP contribution in [-0.4, -0.2) is 50.8 Å². The van der Waals surface area contributed by atoms with E-state index in [9.17, 15) is 0 Å². The van der Waals surface area contributed by atoms with Crippen LogP contribution in [0.1, 0.15) is 51.9 Å². The molecule has 1 heterocycles. The average Bonchev–Trinajstić information content (AvgIpc) is 2.42. The second-order valence-corrected chi connectivity index (χ2v) is 5.46. The third kappa shape index (κ3) is 7.34. The lowest BCUT2D eigenvalue weighted by Gasteiger charge is -2.31. The summed E-state index contributed by atoms with van der Waals surface area (Å²) in [6, 6.07) is 0. The van der Waals surface area contributed by atoms with E-state index in [4.69, 9.17) is 4.74 Å². The number of ether oxygens (including phenoxy) is 1. The molecule has 0 aromatic heterocycles. The summed E-state index contributed by atoms with van der Waals surface area (Å²) in [5.41, 5.74) is 0. The topological polar surface area (TPSA) is 24.5 Å². The molecule has 0 radical (unpaired) electrons. The van der Waals surface area contributed by atoms with Crippen molar-refractivity contribution in [3.05, 3.63) is 0 Å². The zero-order chi connectivity index (χ0) is 13.1. The lowest BCUT2D eigenvalue weighted by Crippen LogP contribution is -2.39. The third-order valence-corrected chi connectivity index (χ3v) is 3.80. The van der Waals surface area contributed by atoms with Crippen molar-refractivity contribution in [1.82, 2.24) is 10.2 Å². The summed E-state index contributed by atoms with van der Waals surface area (Å²) in [5.74, 6) is 0. The highest BCUT2D eigenvalue weighted by molar-refractivity contribution is 4.72. The zero-order valence-electron chi connectivity index (χ0n) is 12.4. The van der Waals surface area contributed by atoms with Gasteiger partial charge < -0.3 is 15.0 Å². The summed E-state index contributed by atoms with van der Waals surface area (Å²) >= 11 is 0. The van der Waals surface area contributed by atoms with E-state index in [1.54, 1.807) is 0 Å². The summed E-state index contributed by atoms with van der Waals surface area (Å²) < 4.78 is 5.45. The van der Waals surface area contributed by atoms with Crippen molar-refractivity contribution in [2.75, 3.05) is 39.8 Å². The molecular formula is C15H32N2O. The number of hydrogen-bond acceptors (Lipinski definition) is 3. The van der Waals surface area contributed by atoms with E-state index < -0.39 is 0 Å². The molecule has 1 rings (SSSR count). The highest BCUT2D eigenvalue weighted by Gasteiger charge is 2.18. The van der Waals surface area contributed by atoms with Crippen molar-refractivity contribution in [3.63, 3.8) is 0 Å². The molecule has 18 heavy (non-hydrogen) atoms. The first kappa shape index (κ1) is 15.9. The predicted octanol–water partition coefficient (Wildman–Crippen LogP) is 2.66. The van der Waals surface area contributed by atoms with E-state index >= 15 is 0 Å². The van der Waals surface area contributed by atoms with E-state index in [2.05, 4.69) is 17.1 Å². The summed E-state index contributed by atoms with van der Waals surface area (Å²) in [5, 5.41) is 3.46. The van der Waals surface area contributed by atoms with Crippen molar-refractivity contribution in [1.29, 1.82) is 0 Å². The number of likely N-dealkylation sites (tertiary alicyclic amines) is 1. The van der Waals surface area contributed by atoms with Crippen LogP contribution in [0.2, 0.25) is 0 Å². The summed E-state index contributed by atoms with van der Waals surface area (Å²) in [7, 11) is 1.84. The first-order chi connectivity index (χ1) is 8.86. The number of unbranched alkanes of at least 4 members (excludes halogenated alkanes) is 3. The van der Waals surface area contributed by atoms with Gasteiger partial charge in [0, 0.05) is 13.7 Å². The van der Waals surface area contributed by atoms with Crippen molar-refractivity contribution in [2.24, 2.45) is 0 Å². The molecule has 1 aliphatic rings. The maximum Gasteiger partial charge on any atom is 0.0698 e. The van der Waals surface area contributed by atoms with E-state index in [-0.39, 0.29) is 0 Å². The molecule has 0 bridgehead atoms. The van der Waals surface area contributed by atoms with Crippen LogP contribution in [0.4, 0.5) is 0 Å². The highest BCUT2D eigenvalue weighted by Crippen LogP contribution is 2.13. The second-order valence-electron chi connectivity index (χ2n) is 5.46. The molecule has 108 valence electrons. The molecule has 1 aliphatic heterocycles. The first-order valence-corrected chi connectivity index (χ1v) is 7.82. The maximum atomic E-state index is 5.45. The Morgan fingerprint density at radius 1 is 1.17 bits per heavy atom. The van der Waals surface area contributed by atoms with Gasteiger partial charge in [0.1, 0.15) is 0 Å². The quantitative estimate of drug-likeness (QED) is 0.608. The number of methoxy groups -OCH3 is 1. The van der Waals surface area contributed by atoms with Crippen molar-refractivity contribution in [3.8, 4) is 0 Å². The van der Waals surface area contributed by atoms with Gasteiger partial charge in [-0.2, -0.15) is 0 Å². The Bertz CT molecular complexity index is 187. The Balaban J connectivity index is 1.88. The largest absolute Gasteiger partial charge is 0.380 e. The van der Waals surface area contributed by atoms with Crippen LogP contribution in [0, 0.1) is 0 Å². The van der Waals surface area contributed by atoms with E-state index in [0.29, 0.717) is 6.10 Å². The fraction of sp³-hybridized carbons (Fsp3) is 1.00. The fourth-order valence-corrected chi connectivity index (χ4v) is 2.65. The number of nitrogens with one attached hydrogen (secondary N) is 1. The van der Waals surface area contributed by atoms with E-state index in [0.717, 1.165) is 6.54 Å². The van der Waals surface area contributed by atoms with Crippen molar-refractivity contribution >= 4 is 0 Å². The summed E-state index contributed by atoms with van der Waals surface area (Å²) in [6.07, 6.45) is 9.72. The minimum atomic E-state index is 0.483. The van der Waals surface area contributed by atoms with Gasteiger partial charge in [0.25, 0.3) is 0 Å². The number of piperidine rings is 1. The molecule has 0 aromatic rings. The Hall–Kier alpha value is -0.120. The Labute approximate surface area is 113 Å². The molecule has 1 unspecified atom stereocenters. The van der Waals surface area contributed by atoms with E-state index in [1.807, 2.05) is 7.11 Å². The molecule has 1 N–H and O–H groups in total. The summed E-state index contributed by atoms with van der Waals surface area (Å²) in [6.45, 7) is 8.28. The molecule has 0 aromatic carbocycles. The zero-order valence-corrected chi connectivity index (χ0v) is 12.4. The standard InChI is InChI=1S/C15H32N2O/c1-3-10-16-11-6-4-5-7-12-17-13-8-9-15(14-17)18-2/h15-16H,3-14H2,1-2H3. The molecule has 3 heteroatoms. The van der Waals surface area contributed by atoms with Crippen LogP contribution in [0.15, 0.2) is 0 Å². The van der Waals surface area contributed by atoms with Crippen LogP contribution in [0.25, 0.3) is 0 Å². The Kier molecular flexibility index (Phi) is 9.54. The molecule has 0 spiro atoms. The maximum absolute atomic E-state index is 5.45. The van der Waals surface area contributed by atoms with Gasteiger partial charge in [0.2, 0.25) is 0 Å². The van der Waals surface area contributed by atoms with Crippen LogP contribution >= 0.6 is 0 Å². The van der Waals surface area contributed by atoms with Gasteiger partial charge in [-0.25, -0.2) is 0 Å². The van der Waals surface area contributed by atoms with Gasteiger partial charge in [0.15, 0.2) is 0 Å². The van der Waals surface area contributed by atoms with Crippen LogP contribution in [-0.2, 0) is 4.74 Å². The van der Waals surface area contributed by atoms with Crippen LogP contribution < -0.4 is 5.32 Å². The van der Waals surface area contributed by atoms with Crippen molar-refractivity contribution in [2.45, 2.75) is 58.0 Å². The van der Waals surface area contributed by atoms with Gasteiger partial charge >= 0.3 is 0 Å². The first-order valence-electron chi connectivity index (χ1n) is 7.82. The second kappa shape index (κ2) is 10.8. The lowest BCUT2D eigenvalue weighted by atomic mass is 10.1. The van der Waals surface area contributed by atoms with E-state index in [1.165, 1.54) is 71.1 Å². The van der Waals surface area contributed by atoms with Gasteiger partial charge in [-0.1, -0.05) is 19.8 Å². The Morgan fingerprint density at radius 2 is 2.00 bits per heavy atom. The molecule has 1 saturated heterocycles. The molecule has 0 aliphatic carbocycles. The normalized spacial score (nSPS) is 21.3. The number of nitrogens with zero attached hydrogens (tertiary/aromatic N) is 1. The number of hydrogen-bond donors (Lipinski definition) is 1. The lowest BCUT2D eigenvalue weighted by molar-refractivity contribution is 0.0309. The SMILES string of the molecule is CCCNCCCCCCN1CCCC(OC)C1. The number of rotatable bonds is 10. The smallest absolute Gasteiger partial charge is 0.0698 e. The van der Waals surface area contributed by atoms with Gasteiger partial charge in [-0.05, 0) is 58.3 Å². The molecule has 0 saturated carbocycles. The van der Waals surface area contributed by atoms with Gasteiger partial charge in [-0.3, -0.25) is 0 Å². The van der Waals surface area contributed by atoms with Crippen molar-refractivity contribution < 1.29 is 4.74 Å². The Morgan fingerprint density at radius 3 is 2.78 bits per heavy atom. The van der Waals surface area contributed by atoms with Gasteiger partial charge in [-0.15, -0.1) is 0 Å². The average molecular weight is 256 g/mol. The molecule has 0 amide bonds. The monoisotopic (exact) mass is 256 g/mol. The minimum absolute atomic E-state index is 0.483. The fourth-order valence-electron chi connectivity index (χ4n) is 2.65. The molecular weight excluding hydrogens is 224 g/mol.